The van der Waals surface area contributed by atoms with Gasteiger partial charge in [0.25, 0.3) is 0 Å². The zero-order valence-corrected chi connectivity index (χ0v) is 18.3. The lowest BCUT2D eigenvalue weighted by Crippen LogP contribution is -2.37. The van der Waals surface area contributed by atoms with Crippen molar-refractivity contribution in [1.29, 1.82) is 0 Å². The number of likely N-dealkylation sites (tertiary alicyclic amines) is 1. The van der Waals surface area contributed by atoms with Gasteiger partial charge in [-0.1, -0.05) is 6.07 Å². The molecule has 1 fully saturated rings. The van der Waals surface area contributed by atoms with E-state index in [2.05, 4.69) is 10.2 Å². The van der Waals surface area contributed by atoms with E-state index in [9.17, 15) is 0 Å². The minimum absolute atomic E-state index is 0.265. The Morgan fingerprint density at radius 2 is 1.66 bits per heavy atom. The van der Waals surface area contributed by atoms with Crippen molar-refractivity contribution in [2.45, 2.75) is 45.1 Å². The highest BCUT2D eigenvalue weighted by Crippen LogP contribution is 2.30. The van der Waals surface area contributed by atoms with E-state index in [-0.39, 0.29) is 6.61 Å². The summed E-state index contributed by atoms with van der Waals surface area (Å²) in [7, 11) is 3.44. The number of aliphatic hydroxyl groups is 1. The molecule has 29 heavy (non-hydrogen) atoms. The maximum Gasteiger partial charge on any atom is 0.127 e. The molecule has 6 heteroatoms. The number of ether oxygens (including phenoxy) is 3. The summed E-state index contributed by atoms with van der Waals surface area (Å²) in [6.45, 7) is 7.17. The Labute approximate surface area is 176 Å². The van der Waals surface area contributed by atoms with Crippen molar-refractivity contribution in [3.05, 3.63) is 23.8 Å². The van der Waals surface area contributed by atoms with Crippen LogP contribution in [-0.2, 0) is 11.3 Å². The number of rotatable bonds is 15. The number of nitrogens with one attached hydrogen (secondary N) is 1. The molecule has 1 aliphatic heterocycles. The first-order chi connectivity index (χ1) is 14.3. The van der Waals surface area contributed by atoms with Crippen LogP contribution in [0.2, 0.25) is 0 Å². The third-order valence-corrected chi connectivity index (χ3v) is 5.64. The molecule has 0 spiro atoms. The molecule has 0 amide bonds. The molecular formula is C23H40N2O4. The molecular weight excluding hydrogens is 368 g/mol. The predicted octanol–water partition coefficient (Wildman–Crippen LogP) is 3.07. The molecule has 0 unspecified atom stereocenters. The van der Waals surface area contributed by atoms with E-state index in [1.807, 2.05) is 18.2 Å². The topological polar surface area (TPSA) is 63.2 Å². The normalized spacial score (nSPS) is 15.6. The minimum atomic E-state index is 0.265. The van der Waals surface area contributed by atoms with Crippen molar-refractivity contribution < 1.29 is 19.3 Å². The predicted molar refractivity (Wildman–Crippen MR) is 117 cm³/mol. The Bertz CT molecular complexity index is 525. The summed E-state index contributed by atoms with van der Waals surface area (Å²) in [4.78, 5) is 2.50. The number of benzene rings is 1. The van der Waals surface area contributed by atoms with Gasteiger partial charge in [-0.05, 0) is 82.8 Å². The van der Waals surface area contributed by atoms with Gasteiger partial charge < -0.3 is 24.6 Å². The van der Waals surface area contributed by atoms with Gasteiger partial charge >= 0.3 is 0 Å². The lowest BCUT2D eigenvalue weighted by molar-refractivity contribution is 0.121. The first-order valence-corrected chi connectivity index (χ1v) is 11.1. The van der Waals surface area contributed by atoms with Gasteiger partial charge in [-0.3, -0.25) is 4.90 Å². The van der Waals surface area contributed by atoms with Crippen molar-refractivity contribution in [3.63, 3.8) is 0 Å². The molecule has 0 aromatic heterocycles. The number of hydrogen-bond acceptors (Lipinski definition) is 6. The van der Waals surface area contributed by atoms with Crippen LogP contribution in [0, 0.1) is 5.92 Å². The Kier molecular flexibility index (Phi) is 12.1. The van der Waals surface area contributed by atoms with Crippen molar-refractivity contribution in [1.82, 2.24) is 10.2 Å². The minimum Gasteiger partial charge on any atom is -0.496 e. The van der Waals surface area contributed by atoms with Crippen molar-refractivity contribution in [2.24, 2.45) is 5.92 Å². The Hall–Kier alpha value is -1.34. The number of unbranched alkanes of at least 4 members (excludes halogenated alkanes) is 2. The van der Waals surface area contributed by atoms with E-state index < -0.39 is 0 Å². The van der Waals surface area contributed by atoms with E-state index in [0.717, 1.165) is 94.6 Å². The number of piperidine rings is 1. The van der Waals surface area contributed by atoms with Crippen molar-refractivity contribution in [2.75, 3.05) is 60.2 Å². The van der Waals surface area contributed by atoms with Gasteiger partial charge in [-0.25, -0.2) is 0 Å². The first-order valence-electron chi connectivity index (χ1n) is 11.1. The van der Waals surface area contributed by atoms with Crippen molar-refractivity contribution >= 4 is 0 Å². The summed E-state index contributed by atoms with van der Waals surface area (Å²) in [5.41, 5.74) is 1.15. The SMILES string of the molecule is COc1cccc(OC)c1CN1CCC(CNCCCCOCCCCO)CC1. The molecule has 0 saturated carbocycles. The largest absolute Gasteiger partial charge is 0.496 e. The molecule has 0 aliphatic carbocycles. The molecule has 6 nitrogen and oxygen atoms in total. The maximum atomic E-state index is 8.72. The molecule has 0 bridgehead atoms. The highest BCUT2D eigenvalue weighted by atomic mass is 16.5. The summed E-state index contributed by atoms with van der Waals surface area (Å²) >= 11 is 0. The van der Waals surface area contributed by atoms with Crippen LogP contribution in [0.3, 0.4) is 0 Å². The number of methoxy groups -OCH3 is 2. The van der Waals surface area contributed by atoms with E-state index >= 15 is 0 Å². The van der Waals surface area contributed by atoms with E-state index in [1.54, 1.807) is 14.2 Å². The van der Waals surface area contributed by atoms with E-state index in [0.29, 0.717) is 0 Å². The number of nitrogens with zero attached hydrogens (tertiary/aromatic N) is 1. The average molecular weight is 409 g/mol. The Balaban J connectivity index is 1.56. The molecule has 1 aromatic carbocycles. The summed E-state index contributed by atoms with van der Waals surface area (Å²) in [6, 6.07) is 5.99. The zero-order valence-electron chi connectivity index (χ0n) is 18.3. The van der Waals surface area contributed by atoms with Crippen LogP contribution in [-0.4, -0.2) is 70.2 Å². The summed E-state index contributed by atoms with van der Waals surface area (Å²) < 4.78 is 16.6. The molecule has 2 N–H and O–H groups in total. The van der Waals surface area contributed by atoms with Gasteiger partial charge in [0.2, 0.25) is 0 Å². The Morgan fingerprint density at radius 3 is 2.28 bits per heavy atom. The van der Waals surface area contributed by atoms with E-state index in [4.69, 9.17) is 19.3 Å². The van der Waals surface area contributed by atoms with Crippen molar-refractivity contribution in [3.8, 4) is 11.5 Å². The maximum absolute atomic E-state index is 8.72. The van der Waals surface area contributed by atoms with Crippen LogP contribution in [0.25, 0.3) is 0 Å². The molecule has 1 saturated heterocycles. The standard InChI is InChI=1S/C23H40N2O4/c1-27-22-8-7-9-23(28-2)21(22)19-25-13-10-20(11-14-25)18-24-12-3-5-16-29-17-6-4-15-26/h7-9,20,24,26H,3-6,10-19H2,1-2H3. The second-order valence-corrected chi connectivity index (χ2v) is 7.81. The smallest absolute Gasteiger partial charge is 0.127 e. The van der Waals surface area contributed by atoms with Gasteiger partial charge in [0, 0.05) is 26.4 Å². The Morgan fingerprint density at radius 1 is 1.00 bits per heavy atom. The van der Waals surface area contributed by atoms with Gasteiger partial charge in [0.05, 0.1) is 19.8 Å². The fourth-order valence-corrected chi connectivity index (χ4v) is 3.83. The molecule has 1 heterocycles. The van der Waals surface area contributed by atoms with Crippen LogP contribution in [0.15, 0.2) is 18.2 Å². The molecule has 2 rings (SSSR count). The quantitative estimate of drug-likeness (QED) is 0.435. The molecule has 166 valence electrons. The number of hydrogen-bond donors (Lipinski definition) is 2. The highest BCUT2D eigenvalue weighted by Gasteiger charge is 2.21. The fraction of sp³-hybridized carbons (Fsp3) is 0.739. The van der Waals surface area contributed by atoms with Gasteiger partial charge in [-0.2, -0.15) is 0 Å². The van der Waals surface area contributed by atoms with Crippen LogP contribution in [0.4, 0.5) is 0 Å². The number of aliphatic hydroxyl groups excluding tert-OH is 1. The molecule has 0 radical (unpaired) electrons. The summed E-state index contributed by atoms with van der Waals surface area (Å²) in [6.07, 6.45) is 6.53. The highest BCUT2D eigenvalue weighted by molar-refractivity contribution is 5.44. The first kappa shape index (κ1) is 23.9. The van der Waals surface area contributed by atoms with Gasteiger partial charge in [-0.15, -0.1) is 0 Å². The average Bonchev–Trinajstić information content (AvgIpc) is 2.76. The summed E-state index contributed by atoms with van der Waals surface area (Å²) in [5, 5.41) is 12.3. The monoisotopic (exact) mass is 408 g/mol. The lowest BCUT2D eigenvalue weighted by Gasteiger charge is -2.32. The molecule has 1 aliphatic rings. The van der Waals surface area contributed by atoms with Gasteiger partial charge in [0.1, 0.15) is 11.5 Å². The third kappa shape index (κ3) is 8.91. The van der Waals surface area contributed by atoms with E-state index in [1.165, 1.54) is 12.8 Å². The van der Waals surface area contributed by atoms with Crippen LogP contribution >= 0.6 is 0 Å². The van der Waals surface area contributed by atoms with Gasteiger partial charge in [0.15, 0.2) is 0 Å². The summed E-state index contributed by atoms with van der Waals surface area (Å²) in [5.74, 6) is 2.58. The second kappa shape index (κ2) is 14.6. The molecule has 0 atom stereocenters. The lowest BCUT2D eigenvalue weighted by atomic mass is 9.96. The molecule has 1 aromatic rings. The third-order valence-electron chi connectivity index (χ3n) is 5.64. The second-order valence-electron chi connectivity index (χ2n) is 7.81. The van der Waals surface area contributed by atoms with Crippen LogP contribution < -0.4 is 14.8 Å². The van der Waals surface area contributed by atoms with Crippen LogP contribution in [0.5, 0.6) is 11.5 Å². The zero-order chi connectivity index (χ0) is 20.7. The fourth-order valence-electron chi connectivity index (χ4n) is 3.83. The van der Waals surface area contributed by atoms with Crippen LogP contribution in [0.1, 0.15) is 44.1 Å².